The lowest BCUT2D eigenvalue weighted by molar-refractivity contribution is -0.137. The van der Waals surface area contributed by atoms with E-state index < -0.39 is 11.7 Å². The van der Waals surface area contributed by atoms with E-state index in [0.29, 0.717) is 18.1 Å². The first-order valence-corrected chi connectivity index (χ1v) is 7.23. The number of likely N-dealkylation sites (N-methyl/N-ethyl adjacent to an activating group) is 1. The number of hydrogen-bond donors (Lipinski definition) is 2. The Kier molecular flexibility index (Phi) is 5.28. The van der Waals surface area contributed by atoms with Gasteiger partial charge in [-0.25, -0.2) is 0 Å². The Morgan fingerprint density at radius 1 is 1.36 bits per heavy atom. The van der Waals surface area contributed by atoms with Crippen LogP contribution < -0.4 is 10.6 Å². The Morgan fingerprint density at radius 2 is 2.14 bits per heavy atom. The quantitative estimate of drug-likeness (QED) is 0.895. The van der Waals surface area contributed by atoms with Crippen molar-refractivity contribution in [3.63, 3.8) is 0 Å². The van der Waals surface area contributed by atoms with Crippen molar-refractivity contribution in [3.05, 3.63) is 35.4 Å². The molecule has 1 aromatic carbocycles. The van der Waals surface area contributed by atoms with Crippen LogP contribution in [0.25, 0.3) is 0 Å². The van der Waals surface area contributed by atoms with Crippen LogP contribution in [-0.2, 0) is 6.18 Å². The van der Waals surface area contributed by atoms with Gasteiger partial charge in [0.15, 0.2) is 5.96 Å². The maximum absolute atomic E-state index is 12.9. The molecule has 122 valence electrons. The van der Waals surface area contributed by atoms with E-state index in [2.05, 4.69) is 15.6 Å². The van der Waals surface area contributed by atoms with Crippen molar-refractivity contribution in [2.45, 2.75) is 18.6 Å². The summed E-state index contributed by atoms with van der Waals surface area (Å²) in [5, 5.41) is 6.32. The lowest BCUT2D eigenvalue weighted by Crippen LogP contribution is -2.44. The van der Waals surface area contributed by atoms with E-state index in [1.54, 1.807) is 6.07 Å². The predicted octanol–water partition coefficient (Wildman–Crippen LogP) is 2.25. The number of aliphatic imine (C=N–C) groups is 1. The fraction of sp³-hybridized carbons (Fsp3) is 0.533. The van der Waals surface area contributed by atoms with Crippen molar-refractivity contribution in [2.75, 3.05) is 33.7 Å². The zero-order chi connectivity index (χ0) is 16.2. The summed E-state index contributed by atoms with van der Waals surface area (Å²) in [4.78, 5) is 6.20. The molecule has 1 atom stereocenters. The molecule has 1 aromatic rings. The van der Waals surface area contributed by atoms with Gasteiger partial charge in [0.05, 0.1) is 11.6 Å². The number of nitrogens with one attached hydrogen (secondary N) is 2. The molecule has 1 heterocycles. The van der Waals surface area contributed by atoms with Gasteiger partial charge in [0.25, 0.3) is 0 Å². The van der Waals surface area contributed by atoms with Gasteiger partial charge >= 0.3 is 6.18 Å². The van der Waals surface area contributed by atoms with E-state index in [1.807, 2.05) is 19.0 Å². The Labute approximate surface area is 128 Å². The van der Waals surface area contributed by atoms with Gasteiger partial charge < -0.3 is 15.5 Å². The van der Waals surface area contributed by atoms with Crippen LogP contribution in [0.5, 0.6) is 0 Å². The normalized spacial score (nSPS) is 16.9. The van der Waals surface area contributed by atoms with Gasteiger partial charge in [0, 0.05) is 19.6 Å². The number of alkyl halides is 3. The number of rotatable bonds is 4. The molecule has 1 aliphatic rings. The third-order valence-corrected chi connectivity index (χ3v) is 3.58. The molecule has 0 saturated heterocycles. The van der Waals surface area contributed by atoms with Crippen LogP contribution in [0, 0.1) is 0 Å². The molecule has 0 radical (unpaired) electrons. The molecule has 0 aliphatic carbocycles. The monoisotopic (exact) mass is 314 g/mol. The van der Waals surface area contributed by atoms with E-state index in [-0.39, 0.29) is 6.04 Å². The molecule has 22 heavy (non-hydrogen) atoms. The number of halogens is 3. The van der Waals surface area contributed by atoms with Crippen molar-refractivity contribution in [2.24, 2.45) is 4.99 Å². The van der Waals surface area contributed by atoms with E-state index in [1.165, 1.54) is 12.1 Å². The van der Waals surface area contributed by atoms with Crippen LogP contribution in [0.3, 0.4) is 0 Å². The Bertz CT molecular complexity index is 526. The topological polar surface area (TPSA) is 39.7 Å². The second-order valence-electron chi connectivity index (χ2n) is 5.49. The Morgan fingerprint density at radius 3 is 2.73 bits per heavy atom. The third kappa shape index (κ3) is 4.37. The van der Waals surface area contributed by atoms with Crippen LogP contribution in [-0.4, -0.2) is 44.6 Å². The maximum atomic E-state index is 12.9. The first-order chi connectivity index (χ1) is 10.4. The van der Waals surface area contributed by atoms with Crippen LogP contribution in [0.1, 0.15) is 23.6 Å². The van der Waals surface area contributed by atoms with E-state index in [9.17, 15) is 13.2 Å². The number of nitrogens with zero attached hydrogens (tertiary/aromatic N) is 2. The summed E-state index contributed by atoms with van der Waals surface area (Å²) < 4.78 is 38.6. The van der Waals surface area contributed by atoms with Crippen LogP contribution in [0.15, 0.2) is 29.3 Å². The van der Waals surface area contributed by atoms with Gasteiger partial charge in [-0.15, -0.1) is 0 Å². The van der Waals surface area contributed by atoms with Crippen LogP contribution >= 0.6 is 0 Å². The summed E-state index contributed by atoms with van der Waals surface area (Å²) in [6.45, 7) is 2.12. The maximum Gasteiger partial charge on any atom is 0.416 e. The zero-order valence-electron chi connectivity index (χ0n) is 12.7. The average molecular weight is 314 g/mol. The minimum absolute atomic E-state index is 0.172. The Balaban J connectivity index is 2.12. The van der Waals surface area contributed by atoms with Crippen molar-refractivity contribution < 1.29 is 13.2 Å². The van der Waals surface area contributed by atoms with Crippen LogP contribution in [0.4, 0.5) is 13.2 Å². The smallest absolute Gasteiger partial charge is 0.356 e. The molecule has 4 nitrogen and oxygen atoms in total. The molecule has 2 N–H and O–H groups in total. The fourth-order valence-electron chi connectivity index (χ4n) is 2.37. The molecule has 2 rings (SSSR count). The van der Waals surface area contributed by atoms with Gasteiger partial charge in [-0.1, -0.05) is 12.1 Å². The molecule has 0 spiro atoms. The lowest BCUT2D eigenvalue weighted by Gasteiger charge is -2.27. The molecular weight excluding hydrogens is 293 g/mol. The standard InChI is InChI=1S/C15H21F3N4/c1-22(2)13(10-21-14-19-7-4-8-20-14)11-5-3-6-12(9-11)15(16,17)18/h3,5-6,9,13H,4,7-8,10H2,1-2H3,(H2,19,20,21). The van der Waals surface area contributed by atoms with Crippen molar-refractivity contribution >= 4 is 5.96 Å². The first-order valence-electron chi connectivity index (χ1n) is 7.23. The second kappa shape index (κ2) is 7.00. The van der Waals surface area contributed by atoms with Crippen LogP contribution in [0.2, 0.25) is 0 Å². The van der Waals surface area contributed by atoms with E-state index >= 15 is 0 Å². The summed E-state index contributed by atoms with van der Waals surface area (Å²) in [7, 11) is 3.70. The third-order valence-electron chi connectivity index (χ3n) is 3.58. The number of guanidine groups is 1. The van der Waals surface area contributed by atoms with E-state index in [0.717, 1.165) is 25.6 Å². The van der Waals surface area contributed by atoms with Gasteiger partial charge in [-0.2, -0.15) is 13.2 Å². The molecular formula is C15H21F3N4. The molecule has 0 aromatic heterocycles. The Hall–Kier alpha value is -1.76. The summed E-state index contributed by atoms with van der Waals surface area (Å²) >= 11 is 0. The van der Waals surface area contributed by atoms with Gasteiger partial charge in [-0.3, -0.25) is 4.99 Å². The van der Waals surface area contributed by atoms with Crippen molar-refractivity contribution in [1.29, 1.82) is 0 Å². The average Bonchev–Trinajstić information content (AvgIpc) is 2.48. The van der Waals surface area contributed by atoms with Gasteiger partial charge in [0.2, 0.25) is 0 Å². The molecule has 0 fully saturated rings. The largest absolute Gasteiger partial charge is 0.416 e. The molecule has 1 unspecified atom stereocenters. The molecule has 7 heteroatoms. The number of hydrogen-bond acceptors (Lipinski definition) is 4. The summed E-state index contributed by atoms with van der Waals surface area (Å²) in [5.41, 5.74) is 0.00807. The summed E-state index contributed by atoms with van der Waals surface area (Å²) in [6, 6.07) is 5.30. The highest BCUT2D eigenvalue weighted by Gasteiger charge is 2.31. The highest BCUT2D eigenvalue weighted by atomic mass is 19.4. The van der Waals surface area contributed by atoms with Gasteiger partial charge in [-0.05, 0) is 38.2 Å². The second-order valence-corrected chi connectivity index (χ2v) is 5.49. The van der Waals surface area contributed by atoms with Crippen molar-refractivity contribution in [3.8, 4) is 0 Å². The summed E-state index contributed by atoms with van der Waals surface area (Å²) in [5.74, 6) is 0.713. The van der Waals surface area contributed by atoms with Gasteiger partial charge in [0.1, 0.15) is 0 Å². The fourth-order valence-corrected chi connectivity index (χ4v) is 2.37. The lowest BCUT2D eigenvalue weighted by atomic mass is 10.0. The zero-order valence-corrected chi connectivity index (χ0v) is 12.7. The molecule has 1 aliphatic heterocycles. The molecule has 0 amide bonds. The minimum atomic E-state index is -4.32. The highest BCUT2D eigenvalue weighted by Crippen LogP contribution is 2.31. The molecule has 0 bridgehead atoms. The molecule has 0 saturated carbocycles. The first kappa shape index (κ1) is 16.6. The predicted molar refractivity (Wildman–Crippen MR) is 80.8 cm³/mol. The highest BCUT2D eigenvalue weighted by molar-refractivity contribution is 5.80. The number of benzene rings is 1. The summed E-state index contributed by atoms with van der Waals surface area (Å²) in [6.07, 6.45) is -3.33. The SMILES string of the molecule is CN(C)C(CNC1=NCCCN1)c1cccc(C(F)(F)F)c1. The van der Waals surface area contributed by atoms with E-state index in [4.69, 9.17) is 0 Å². The van der Waals surface area contributed by atoms with Crippen molar-refractivity contribution in [1.82, 2.24) is 15.5 Å². The minimum Gasteiger partial charge on any atom is -0.356 e.